The highest BCUT2D eigenvalue weighted by Gasteiger charge is 2.30. The van der Waals surface area contributed by atoms with Crippen LogP contribution in [0.25, 0.3) is 11.0 Å². The highest BCUT2D eigenvalue weighted by atomic mass is 35.5. The molecule has 182 valence electrons. The van der Waals surface area contributed by atoms with Gasteiger partial charge in [0, 0.05) is 35.9 Å². The Bertz CT molecular complexity index is 1150. The van der Waals surface area contributed by atoms with E-state index in [0.29, 0.717) is 17.6 Å². The van der Waals surface area contributed by atoms with Crippen LogP contribution in [0.15, 0.2) is 42.5 Å². The van der Waals surface area contributed by atoms with Crippen molar-refractivity contribution in [1.29, 1.82) is 0 Å². The van der Waals surface area contributed by atoms with Gasteiger partial charge in [-0.25, -0.2) is 9.78 Å². The van der Waals surface area contributed by atoms with Gasteiger partial charge in [-0.05, 0) is 73.7 Å². The maximum atomic E-state index is 12.0. The van der Waals surface area contributed by atoms with Crippen molar-refractivity contribution >= 4 is 40.4 Å². The van der Waals surface area contributed by atoms with Crippen LogP contribution in [0.3, 0.4) is 0 Å². The van der Waals surface area contributed by atoms with E-state index < -0.39 is 6.09 Å². The van der Waals surface area contributed by atoms with Gasteiger partial charge in [-0.2, -0.15) is 0 Å². The van der Waals surface area contributed by atoms with Crippen LogP contribution in [0.4, 0.5) is 16.4 Å². The molecule has 1 amide bonds. The summed E-state index contributed by atoms with van der Waals surface area (Å²) in [5.41, 5.74) is 3.55. The third-order valence-electron chi connectivity index (χ3n) is 6.80. The molecule has 4 rings (SSSR count). The van der Waals surface area contributed by atoms with Crippen molar-refractivity contribution in [3.05, 3.63) is 53.1 Å². The van der Waals surface area contributed by atoms with Crippen molar-refractivity contribution in [3.8, 4) is 0 Å². The molecule has 0 bridgehead atoms. The number of carbonyl (C=O) groups is 1. The zero-order valence-corrected chi connectivity index (χ0v) is 21.1. The Morgan fingerprint density at radius 1 is 1.29 bits per heavy atom. The molecule has 8 heteroatoms. The number of halogens is 1. The number of hydrogen-bond donors (Lipinski definition) is 3. The second-order valence-corrected chi connectivity index (χ2v) is 10.7. The molecule has 3 aromatic rings. The Kier molecular flexibility index (Phi) is 7.05. The summed E-state index contributed by atoms with van der Waals surface area (Å²) >= 11 is 6.05. The van der Waals surface area contributed by atoms with Gasteiger partial charge in [0.25, 0.3) is 0 Å². The average molecular weight is 484 g/mol. The lowest BCUT2D eigenvalue weighted by atomic mass is 9.87. The molecule has 1 aliphatic rings. The highest BCUT2D eigenvalue weighted by Crippen LogP contribution is 2.29. The number of anilines is 2. The molecule has 34 heavy (non-hydrogen) atoms. The summed E-state index contributed by atoms with van der Waals surface area (Å²) in [6.07, 6.45) is 1.40. The van der Waals surface area contributed by atoms with E-state index in [1.165, 1.54) is 11.3 Å². The van der Waals surface area contributed by atoms with E-state index in [-0.39, 0.29) is 11.5 Å². The van der Waals surface area contributed by atoms with Crippen LogP contribution in [-0.4, -0.2) is 44.3 Å². The predicted octanol–water partition coefficient (Wildman–Crippen LogP) is 6.10. The summed E-state index contributed by atoms with van der Waals surface area (Å²) in [6.45, 7) is 10.3. The third kappa shape index (κ3) is 5.47. The lowest BCUT2D eigenvalue weighted by Crippen LogP contribution is -2.44. The van der Waals surface area contributed by atoms with E-state index in [9.17, 15) is 9.90 Å². The van der Waals surface area contributed by atoms with E-state index in [4.69, 9.17) is 16.6 Å². The summed E-state index contributed by atoms with van der Waals surface area (Å²) in [4.78, 5) is 18.4. The Morgan fingerprint density at radius 3 is 2.65 bits per heavy atom. The number of carboxylic acid groups (broad SMARTS) is 1. The molecular weight excluding hydrogens is 450 g/mol. The average Bonchev–Trinajstić information content (AvgIpc) is 3.40. The minimum absolute atomic E-state index is 0.131. The molecule has 2 aromatic carbocycles. The van der Waals surface area contributed by atoms with Crippen molar-refractivity contribution in [2.45, 2.75) is 65.7 Å². The standard InChI is InChI=1S/C26H34ClN5O2/c1-17(26(2,3)4)31(25(33)34)15-18-7-12-23-22(14-18)30-24(29-20-10-8-19(27)9-11-20)32(23)16-21-6-5-13-28-21/h7-12,14,17,21,28H,5-6,13,15-16H2,1-4H3,(H,29,30)(H,33,34)/t17-,21?/m0/s1. The van der Waals surface area contributed by atoms with Gasteiger partial charge in [0.05, 0.1) is 11.0 Å². The second kappa shape index (κ2) is 9.84. The molecule has 1 saturated heterocycles. The van der Waals surface area contributed by atoms with Crippen molar-refractivity contribution in [2.75, 3.05) is 11.9 Å². The summed E-state index contributed by atoms with van der Waals surface area (Å²) in [6, 6.07) is 13.9. The lowest BCUT2D eigenvalue weighted by molar-refractivity contribution is 0.0858. The van der Waals surface area contributed by atoms with Crippen LogP contribution in [0, 0.1) is 5.41 Å². The molecule has 2 atom stereocenters. The number of benzene rings is 2. The number of nitrogens with zero attached hydrogens (tertiary/aromatic N) is 3. The molecule has 0 saturated carbocycles. The maximum absolute atomic E-state index is 12.0. The third-order valence-corrected chi connectivity index (χ3v) is 7.05. The van der Waals surface area contributed by atoms with Crippen LogP contribution in [0.5, 0.6) is 0 Å². The molecule has 7 nitrogen and oxygen atoms in total. The minimum atomic E-state index is -0.912. The number of nitrogens with one attached hydrogen (secondary N) is 2. The normalized spacial score (nSPS) is 17.1. The smallest absolute Gasteiger partial charge is 0.407 e. The molecule has 1 fully saturated rings. The van der Waals surface area contributed by atoms with Crippen LogP contribution in [0.1, 0.15) is 46.1 Å². The van der Waals surface area contributed by atoms with Gasteiger partial charge >= 0.3 is 6.09 Å². The van der Waals surface area contributed by atoms with Crippen LogP contribution in [0.2, 0.25) is 5.02 Å². The van der Waals surface area contributed by atoms with Crippen molar-refractivity contribution < 1.29 is 9.90 Å². The maximum Gasteiger partial charge on any atom is 0.407 e. The summed E-state index contributed by atoms with van der Waals surface area (Å²) in [5, 5.41) is 17.5. The van der Waals surface area contributed by atoms with Gasteiger partial charge in [0.2, 0.25) is 5.95 Å². The number of imidazole rings is 1. The topological polar surface area (TPSA) is 82.4 Å². The van der Waals surface area contributed by atoms with E-state index in [1.807, 2.05) is 43.3 Å². The van der Waals surface area contributed by atoms with E-state index in [0.717, 1.165) is 47.7 Å². The van der Waals surface area contributed by atoms with Gasteiger partial charge in [0.15, 0.2) is 0 Å². The zero-order valence-electron chi connectivity index (χ0n) is 20.3. The Hall–Kier alpha value is -2.77. The van der Waals surface area contributed by atoms with E-state index in [1.54, 1.807) is 0 Å². The molecule has 1 aliphatic heterocycles. The number of fused-ring (bicyclic) bond motifs is 1. The van der Waals surface area contributed by atoms with Crippen LogP contribution < -0.4 is 10.6 Å². The zero-order chi connectivity index (χ0) is 24.5. The van der Waals surface area contributed by atoms with Crippen LogP contribution in [-0.2, 0) is 13.1 Å². The predicted molar refractivity (Wildman–Crippen MR) is 138 cm³/mol. The molecule has 1 aromatic heterocycles. The molecular formula is C26H34ClN5O2. The minimum Gasteiger partial charge on any atom is -0.465 e. The molecule has 0 radical (unpaired) electrons. The Morgan fingerprint density at radius 2 is 2.03 bits per heavy atom. The number of rotatable bonds is 7. The molecule has 0 spiro atoms. The first kappa shape index (κ1) is 24.4. The lowest BCUT2D eigenvalue weighted by Gasteiger charge is -2.36. The van der Waals surface area contributed by atoms with Gasteiger partial charge in [-0.3, -0.25) is 0 Å². The SMILES string of the molecule is C[C@H](N(Cc1ccc2c(c1)nc(Nc1ccc(Cl)cc1)n2CC1CCCN1)C(=O)O)C(C)(C)C. The fourth-order valence-electron chi connectivity index (χ4n) is 4.38. The van der Waals surface area contributed by atoms with Gasteiger partial charge < -0.3 is 25.2 Å². The molecule has 3 N–H and O–H groups in total. The number of aromatic nitrogens is 2. The van der Waals surface area contributed by atoms with Gasteiger partial charge in [-0.15, -0.1) is 0 Å². The quantitative estimate of drug-likeness (QED) is 0.378. The van der Waals surface area contributed by atoms with Crippen molar-refractivity contribution in [2.24, 2.45) is 5.41 Å². The summed E-state index contributed by atoms with van der Waals surface area (Å²) < 4.78 is 2.21. The molecule has 2 heterocycles. The van der Waals surface area contributed by atoms with Crippen molar-refractivity contribution in [3.63, 3.8) is 0 Å². The van der Waals surface area contributed by atoms with Crippen LogP contribution >= 0.6 is 11.6 Å². The monoisotopic (exact) mass is 483 g/mol. The first-order chi connectivity index (χ1) is 16.1. The molecule has 1 unspecified atom stereocenters. The Balaban J connectivity index is 1.67. The highest BCUT2D eigenvalue weighted by molar-refractivity contribution is 6.30. The van der Waals surface area contributed by atoms with E-state index >= 15 is 0 Å². The largest absolute Gasteiger partial charge is 0.465 e. The number of amides is 1. The first-order valence-corrected chi connectivity index (χ1v) is 12.2. The summed E-state index contributed by atoms with van der Waals surface area (Å²) in [7, 11) is 0. The molecule has 0 aliphatic carbocycles. The van der Waals surface area contributed by atoms with Crippen molar-refractivity contribution in [1.82, 2.24) is 19.8 Å². The van der Waals surface area contributed by atoms with Gasteiger partial charge in [0.1, 0.15) is 0 Å². The summed E-state index contributed by atoms with van der Waals surface area (Å²) in [5.74, 6) is 0.765. The number of hydrogen-bond acceptors (Lipinski definition) is 4. The fraction of sp³-hybridized carbons (Fsp3) is 0.462. The Labute approximate surface area is 206 Å². The van der Waals surface area contributed by atoms with E-state index in [2.05, 4.69) is 42.0 Å². The first-order valence-electron chi connectivity index (χ1n) is 11.9. The van der Waals surface area contributed by atoms with Gasteiger partial charge in [-0.1, -0.05) is 38.4 Å². The second-order valence-electron chi connectivity index (χ2n) is 10.2. The fourth-order valence-corrected chi connectivity index (χ4v) is 4.51.